The van der Waals surface area contributed by atoms with Gasteiger partial charge in [0.05, 0.1) is 6.54 Å². The quantitative estimate of drug-likeness (QED) is 0.517. The Morgan fingerprint density at radius 2 is 2.14 bits per heavy atom. The van der Waals surface area contributed by atoms with Crippen molar-refractivity contribution in [3.63, 3.8) is 0 Å². The van der Waals surface area contributed by atoms with Crippen molar-refractivity contribution < 1.29 is 10.4 Å². The molecule has 0 saturated carbocycles. The lowest BCUT2D eigenvalue weighted by Gasteiger charge is -2.01. The molecular weight excluding hydrogens is 94.0 g/mol. The van der Waals surface area contributed by atoms with E-state index in [0.717, 1.165) is 6.42 Å². The summed E-state index contributed by atoms with van der Waals surface area (Å²) in [4.78, 5) is 0. The van der Waals surface area contributed by atoms with Gasteiger partial charge in [-0.25, -0.2) is 0 Å². The molecule has 0 aliphatic carbocycles. The number of nitrogens with zero attached hydrogens (tertiary/aromatic N) is 1. The molecule has 0 bridgehead atoms. The van der Waals surface area contributed by atoms with Crippen LogP contribution in [0, 0.1) is 6.42 Å². The normalized spacial score (nSPS) is 10.3. The van der Waals surface area contributed by atoms with Crippen molar-refractivity contribution in [2.45, 2.75) is 13.3 Å². The van der Waals surface area contributed by atoms with E-state index in [-0.39, 0.29) is 11.8 Å². The molecule has 0 unspecified atom stereocenters. The highest BCUT2D eigenvalue weighted by Gasteiger charge is 1.88. The zero-order valence-electron chi connectivity index (χ0n) is 4.33. The van der Waals surface area contributed by atoms with Crippen LogP contribution in [0.3, 0.4) is 0 Å². The highest BCUT2D eigenvalue weighted by molar-refractivity contribution is 4.59. The molecule has 0 spiro atoms. The lowest BCUT2D eigenvalue weighted by Crippen LogP contribution is -2.14. The third-order valence-electron chi connectivity index (χ3n) is 0.581. The van der Waals surface area contributed by atoms with Gasteiger partial charge in [-0.05, 0) is 6.42 Å². The fourth-order valence-corrected chi connectivity index (χ4v) is 0.245. The minimum absolute atomic E-state index is 0.156. The molecule has 0 atom stereocenters. The second kappa shape index (κ2) is 4.05. The number of rotatable bonds is 3. The molecule has 0 aromatic rings. The summed E-state index contributed by atoms with van der Waals surface area (Å²) in [6.07, 6.45) is 2.61. The summed E-state index contributed by atoms with van der Waals surface area (Å²) in [5.41, 5.74) is 0. The Balaban J connectivity index is 2.68. The van der Waals surface area contributed by atoms with Gasteiger partial charge in [-0.2, -0.15) is 0 Å². The van der Waals surface area contributed by atoms with Gasteiger partial charge in [0, 0.05) is 0 Å². The SMILES string of the molecule is CC[CH]CN(O)O. The largest absolute Gasteiger partial charge is 0.290 e. The van der Waals surface area contributed by atoms with Crippen LogP contribution in [0.1, 0.15) is 13.3 Å². The summed E-state index contributed by atoms with van der Waals surface area (Å²) in [5, 5.41) is 16.2. The first-order chi connectivity index (χ1) is 3.27. The van der Waals surface area contributed by atoms with Gasteiger partial charge in [0.25, 0.3) is 0 Å². The van der Waals surface area contributed by atoms with E-state index in [0.29, 0.717) is 0 Å². The van der Waals surface area contributed by atoms with Crippen LogP contribution < -0.4 is 0 Å². The second-order valence-corrected chi connectivity index (χ2v) is 1.25. The highest BCUT2D eigenvalue weighted by atomic mass is 16.8. The van der Waals surface area contributed by atoms with Crippen molar-refractivity contribution >= 4 is 0 Å². The molecule has 0 aromatic carbocycles. The minimum Gasteiger partial charge on any atom is -0.290 e. The number of hydrogen-bond donors (Lipinski definition) is 2. The molecule has 43 valence electrons. The van der Waals surface area contributed by atoms with Gasteiger partial charge in [-0.15, -0.1) is 0 Å². The zero-order valence-corrected chi connectivity index (χ0v) is 4.33. The van der Waals surface area contributed by atoms with Crippen molar-refractivity contribution in [1.82, 2.24) is 5.23 Å². The Labute approximate surface area is 43.1 Å². The van der Waals surface area contributed by atoms with Crippen LogP contribution in [-0.4, -0.2) is 22.2 Å². The van der Waals surface area contributed by atoms with Crippen LogP contribution in [-0.2, 0) is 0 Å². The number of unbranched alkanes of at least 4 members (excludes halogenated alkanes) is 1. The standard InChI is InChI=1S/C4H10NO2/c1-2-3-4-5(6)7/h3,6-7H,2,4H2,1H3. The third kappa shape index (κ3) is 5.88. The first-order valence-electron chi connectivity index (χ1n) is 2.24. The average molecular weight is 104 g/mol. The van der Waals surface area contributed by atoms with Crippen molar-refractivity contribution in [2.75, 3.05) is 6.54 Å². The third-order valence-corrected chi connectivity index (χ3v) is 0.581. The maximum Gasteiger partial charge on any atom is 0.0544 e. The maximum absolute atomic E-state index is 8.04. The Morgan fingerprint density at radius 3 is 2.29 bits per heavy atom. The molecule has 0 amide bonds. The van der Waals surface area contributed by atoms with Gasteiger partial charge in [-0.1, -0.05) is 18.6 Å². The Hall–Kier alpha value is -0.120. The van der Waals surface area contributed by atoms with E-state index >= 15 is 0 Å². The van der Waals surface area contributed by atoms with Crippen molar-refractivity contribution in [2.24, 2.45) is 0 Å². The number of hydrogen-bond acceptors (Lipinski definition) is 3. The Morgan fingerprint density at radius 1 is 1.57 bits per heavy atom. The van der Waals surface area contributed by atoms with E-state index in [1.807, 2.05) is 6.92 Å². The van der Waals surface area contributed by atoms with Gasteiger partial charge in [0.2, 0.25) is 0 Å². The van der Waals surface area contributed by atoms with E-state index in [1.165, 1.54) is 0 Å². The van der Waals surface area contributed by atoms with Gasteiger partial charge in [0.1, 0.15) is 0 Å². The lowest BCUT2D eigenvalue weighted by atomic mass is 10.3. The van der Waals surface area contributed by atoms with Crippen molar-refractivity contribution in [3.05, 3.63) is 6.42 Å². The molecule has 3 nitrogen and oxygen atoms in total. The Bertz CT molecular complexity index is 38.7. The molecule has 0 aromatic heterocycles. The van der Waals surface area contributed by atoms with E-state index in [9.17, 15) is 0 Å². The van der Waals surface area contributed by atoms with Gasteiger partial charge in [-0.3, -0.25) is 10.4 Å². The predicted octanol–water partition coefficient (Wildman–Crippen LogP) is 0.681. The van der Waals surface area contributed by atoms with Crippen molar-refractivity contribution in [3.8, 4) is 0 Å². The first kappa shape index (κ1) is 6.88. The van der Waals surface area contributed by atoms with Crippen LogP contribution in [0.2, 0.25) is 0 Å². The number of hydroxylamine groups is 2. The summed E-state index contributed by atoms with van der Waals surface area (Å²) in [6, 6.07) is 0. The van der Waals surface area contributed by atoms with Gasteiger partial charge < -0.3 is 0 Å². The summed E-state index contributed by atoms with van der Waals surface area (Å²) in [6.45, 7) is 2.15. The first-order valence-corrected chi connectivity index (χ1v) is 2.24. The molecule has 0 rings (SSSR count). The molecule has 0 aliphatic rings. The summed E-state index contributed by atoms with van der Waals surface area (Å²) >= 11 is 0. The smallest absolute Gasteiger partial charge is 0.0544 e. The van der Waals surface area contributed by atoms with E-state index in [2.05, 4.69) is 0 Å². The molecule has 0 saturated heterocycles. The van der Waals surface area contributed by atoms with Crippen LogP contribution in [0.15, 0.2) is 0 Å². The fourth-order valence-electron chi connectivity index (χ4n) is 0.245. The molecule has 3 heteroatoms. The van der Waals surface area contributed by atoms with Crippen LogP contribution in [0.25, 0.3) is 0 Å². The monoisotopic (exact) mass is 104 g/mol. The van der Waals surface area contributed by atoms with Gasteiger partial charge in [0.15, 0.2) is 0 Å². The average Bonchev–Trinajstić information content (AvgIpc) is 1.61. The lowest BCUT2D eigenvalue weighted by molar-refractivity contribution is -0.301. The predicted molar refractivity (Wildman–Crippen MR) is 24.9 cm³/mol. The summed E-state index contributed by atoms with van der Waals surface area (Å²) < 4.78 is 0. The molecule has 0 aliphatic heterocycles. The molecule has 0 fully saturated rings. The molecule has 7 heavy (non-hydrogen) atoms. The van der Waals surface area contributed by atoms with E-state index in [1.54, 1.807) is 6.42 Å². The molecule has 2 N–H and O–H groups in total. The van der Waals surface area contributed by atoms with Gasteiger partial charge >= 0.3 is 0 Å². The topological polar surface area (TPSA) is 43.7 Å². The van der Waals surface area contributed by atoms with Crippen LogP contribution in [0.4, 0.5) is 0 Å². The minimum atomic E-state index is 0.156. The van der Waals surface area contributed by atoms with Crippen LogP contribution in [0.5, 0.6) is 0 Å². The molecular formula is C4H10NO2. The molecule has 1 radical (unpaired) electrons. The van der Waals surface area contributed by atoms with E-state index < -0.39 is 0 Å². The van der Waals surface area contributed by atoms with Crippen LogP contribution >= 0.6 is 0 Å². The maximum atomic E-state index is 8.04. The van der Waals surface area contributed by atoms with Crippen molar-refractivity contribution in [1.29, 1.82) is 0 Å². The highest BCUT2D eigenvalue weighted by Crippen LogP contribution is 1.83. The van der Waals surface area contributed by atoms with E-state index in [4.69, 9.17) is 10.4 Å². The summed E-state index contributed by atoms with van der Waals surface area (Å²) in [5.74, 6) is 0. The Kier molecular flexibility index (Phi) is 3.98. The second-order valence-electron chi connectivity index (χ2n) is 1.25. The fraction of sp³-hybridized carbons (Fsp3) is 0.750. The zero-order chi connectivity index (χ0) is 5.70. The molecule has 0 heterocycles. The summed E-state index contributed by atoms with van der Waals surface area (Å²) in [7, 11) is 0.